The molecule has 12 heavy (non-hydrogen) atoms. The molecule has 0 aromatic heterocycles. The Bertz CT molecular complexity index is 236. The van der Waals surface area contributed by atoms with E-state index < -0.39 is 0 Å². The maximum Gasteiger partial charge on any atom is 0.00344 e. The van der Waals surface area contributed by atoms with E-state index in [4.69, 9.17) is 0 Å². The maximum atomic E-state index is 3.72. The van der Waals surface area contributed by atoms with E-state index in [-0.39, 0.29) is 0 Å². The predicted molar refractivity (Wildman–Crippen MR) is 58.6 cm³/mol. The lowest BCUT2D eigenvalue weighted by molar-refractivity contribution is 0.939. The van der Waals surface area contributed by atoms with E-state index in [1.54, 1.807) is 0 Å². The molecule has 0 aliphatic carbocycles. The molecule has 0 unspecified atom stereocenters. The number of hydrogen-bond donors (Lipinski definition) is 0. The molecule has 0 heterocycles. The Labute approximate surface area is 82.4 Å². The minimum absolute atomic E-state index is 1.08. The van der Waals surface area contributed by atoms with Crippen molar-refractivity contribution in [3.05, 3.63) is 42.0 Å². The van der Waals surface area contributed by atoms with E-state index in [1.807, 2.05) is 6.08 Å². The van der Waals surface area contributed by atoms with Gasteiger partial charge >= 0.3 is 0 Å². The highest BCUT2D eigenvalue weighted by Gasteiger charge is 1.91. The van der Waals surface area contributed by atoms with Gasteiger partial charge in [-0.05, 0) is 24.0 Å². The van der Waals surface area contributed by atoms with Crippen molar-refractivity contribution in [1.82, 2.24) is 0 Å². The molecule has 0 atom stereocenters. The lowest BCUT2D eigenvalue weighted by Gasteiger charge is -1.99. The molecule has 1 rings (SSSR count). The van der Waals surface area contributed by atoms with Crippen LogP contribution in [0.3, 0.4) is 0 Å². The van der Waals surface area contributed by atoms with Gasteiger partial charge in [0.2, 0.25) is 0 Å². The van der Waals surface area contributed by atoms with Crippen LogP contribution in [0.15, 0.2) is 30.8 Å². The van der Waals surface area contributed by atoms with Gasteiger partial charge in [-0.25, -0.2) is 0 Å². The van der Waals surface area contributed by atoms with Crippen LogP contribution < -0.4 is 0 Å². The van der Waals surface area contributed by atoms with Crippen LogP contribution in [0.5, 0.6) is 0 Å². The van der Waals surface area contributed by atoms with Crippen molar-refractivity contribution in [3.8, 4) is 0 Å². The van der Waals surface area contributed by atoms with Gasteiger partial charge in [0.15, 0.2) is 0 Å². The molecule has 0 nitrogen and oxygen atoms in total. The van der Waals surface area contributed by atoms with Gasteiger partial charge in [-0.3, -0.25) is 0 Å². The smallest absolute Gasteiger partial charge is 0.00344 e. The lowest BCUT2D eigenvalue weighted by Crippen LogP contribution is -1.85. The van der Waals surface area contributed by atoms with Crippen LogP contribution >= 0.6 is 15.9 Å². The second-order valence-electron chi connectivity index (χ2n) is 2.74. The third kappa shape index (κ3) is 2.82. The Morgan fingerprint density at radius 2 is 1.92 bits per heavy atom. The second-order valence-corrected chi connectivity index (χ2v) is 3.53. The SMILES string of the molecule is C=Cc1ccc(CCCBr)cc1. The zero-order valence-corrected chi connectivity index (χ0v) is 8.68. The molecule has 0 saturated carbocycles. The third-order valence-corrected chi connectivity index (χ3v) is 2.38. The molecular formula is C11H13Br. The van der Waals surface area contributed by atoms with Crippen LogP contribution in [0.25, 0.3) is 6.08 Å². The van der Waals surface area contributed by atoms with Crippen LogP contribution in [-0.4, -0.2) is 5.33 Å². The summed E-state index contributed by atoms with van der Waals surface area (Å²) in [6, 6.07) is 8.55. The molecule has 0 spiro atoms. The Balaban J connectivity index is 2.58. The molecule has 0 aliphatic heterocycles. The van der Waals surface area contributed by atoms with Gasteiger partial charge in [0.1, 0.15) is 0 Å². The summed E-state index contributed by atoms with van der Waals surface area (Å²) in [5.41, 5.74) is 2.60. The molecule has 0 N–H and O–H groups in total. The van der Waals surface area contributed by atoms with Crippen LogP contribution in [0.1, 0.15) is 17.5 Å². The van der Waals surface area contributed by atoms with Gasteiger partial charge in [0, 0.05) is 5.33 Å². The Kier molecular flexibility index (Phi) is 4.09. The van der Waals surface area contributed by atoms with Gasteiger partial charge in [-0.2, -0.15) is 0 Å². The van der Waals surface area contributed by atoms with Gasteiger partial charge in [0.05, 0.1) is 0 Å². The fourth-order valence-corrected chi connectivity index (χ4v) is 1.37. The largest absolute Gasteiger partial charge is 0.0985 e. The summed E-state index contributed by atoms with van der Waals surface area (Å²) in [6.45, 7) is 3.72. The number of alkyl halides is 1. The molecule has 0 amide bonds. The van der Waals surface area contributed by atoms with Crippen LogP contribution in [0, 0.1) is 0 Å². The number of aryl methyl sites for hydroxylation is 1. The topological polar surface area (TPSA) is 0 Å². The summed E-state index contributed by atoms with van der Waals surface area (Å²) in [5.74, 6) is 0. The normalized spacial score (nSPS) is 9.75. The summed E-state index contributed by atoms with van der Waals surface area (Å²) >= 11 is 3.42. The van der Waals surface area contributed by atoms with E-state index in [0.29, 0.717) is 0 Å². The molecule has 0 radical (unpaired) electrons. The minimum Gasteiger partial charge on any atom is -0.0985 e. The van der Waals surface area contributed by atoms with E-state index in [2.05, 4.69) is 46.8 Å². The lowest BCUT2D eigenvalue weighted by atomic mass is 10.1. The molecule has 1 aromatic carbocycles. The number of halogens is 1. The Hall–Kier alpha value is -0.560. The molecule has 0 bridgehead atoms. The van der Waals surface area contributed by atoms with Crippen molar-refractivity contribution < 1.29 is 0 Å². The minimum atomic E-state index is 1.08. The predicted octanol–water partition coefficient (Wildman–Crippen LogP) is 3.66. The van der Waals surface area contributed by atoms with Crippen molar-refractivity contribution >= 4 is 22.0 Å². The molecular weight excluding hydrogens is 212 g/mol. The Morgan fingerprint density at radius 1 is 1.25 bits per heavy atom. The maximum absolute atomic E-state index is 3.72. The monoisotopic (exact) mass is 224 g/mol. The Morgan fingerprint density at radius 3 is 2.42 bits per heavy atom. The molecule has 1 heteroatoms. The second kappa shape index (κ2) is 5.15. The summed E-state index contributed by atoms with van der Waals surface area (Å²) in [7, 11) is 0. The van der Waals surface area contributed by atoms with Gasteiger partial charge < -0.3 is 0 Å². The zero-order chi connectivity index (χ0) is 8.81. The summed E-state index contributed by atoms with van der Waals surface area (Å²) < 4.78 is 0. The van der Waals surface area contributed by atoms with Crippen LogP contribution in [0.2, 0.25) is 0 Å². The molecule has 0 aliphatic rings. The van der Waals surface area contributed by atoms with Gasteiger partial charge in [-0.1, -0.05) is 52.9 Å². The molecule has 64 valence electrons. The van der Waals surface area contributed by atoms with E-state index >= 15 is 0 Å². The summed E-state index contributed by atoms with van der Waals surface area (Å²) in [5, 5.41) is 1.08. The van der Waals surface area contributed by atoms with E-state index in [0.717, 1.165) is 11.8 Å². The van der Waals surface area contributed by atoms with Crippen molar-refractivity contribution in [1.29, 1.82) is 0 Å². The molecule has 1 aromatic rings. The highest BCUT2D eigenvalue weighted by molar-refractivity contribution is 9.09. The van der Waals surface area contributed by atoms with Crippen molar-refractivity contribution in [3.63, 3.8) is 0 Å². The number of rotatable bonds is 4. The standard InChI is InChI=1S/C11H13Br/c1-2-10-5-7-11(8-6-10)4-3-9-12/h2,5-8H,1,3-4,9H2. The highest BCUT2D eigenvalue weighted by Crippen LogP contribution is 2.07. The first-order valence-electron chi connectivity index (χ1n) is 4.14. The first-order valence-corrected chi connectivity index (χ1v) is 5.26. The summed E-state index contributed by atoms with van der Waals surface area (Å²) in [4.78, 5) is 0. The van der Waals surface area contributed by atoms with E-state index in [1.165, 1.54) is 17.5 Å². The molecule has 0 saturated heterocycles. The van der Waals surface area contributed by atoms with Gasteiger partial charge in [-0.15, -0.1) is 0 Å². The number of hydrogen-bond acceptors (Lipinski definition) is 0. The van der Waals surface area contributed by atoms with Crippen LogP contribution in [-0.2, 0) is 6.42 Å². The third-order valence-electron chi connectivity index (χ3n) is 1.81. The van der Waals surface area contributed by atoms with Gasteiger partial charge in [0.25, 0.3) is 0 Å². The molecule has 0 fully saturated rings. The van der Waals surface area contributed by atoms with Crippen molar-refractivity contribution in [2.24, 2.45) is 0 Å². The first-order chi connectivity index (χ1) is 5.86. The number of benzene rings is 1. The van der Waals surface area contributed by atoms with Crippen molar-refractivity contribution in [2.75, 3.05) is 5.33 Å². The highest BCUT2D eigenvalue weighted by atomic mass is 79.9. The fraction of sp³-hybridized carbons (Fsp3) is 0.273. The zero-order valence-electron chi connectivity index (χ0n) is 7.09. The van der Waals surface area contributed by atoms with Crippen LogP contribution in [0.4, 0.5) is 0 Å². The van der Waals surface area contributed by atoms with Crippen molar-refractivity contribution in [2.45, 2.75) is 12.8 Å². The first kappa shape index (κ1) is 9.53. The fourth-order valence-electron chi connectivity index (χ4n) is 1.09. The average molecular weight is 225 g/mol. The van der Waals surface area contributed by atoms with E-state index in [9.17, 15) is 0 Å². The average Bonchev–Trinajstić information content (AvgIpc) is 2.15. The quantitative estimate of drug-likeness (QED) is 0.686. The summed E-state index contributed by atoms with van der Waals surface area (Å²) in [6.07, 6.45) is 4.23.